The Labute approximate surface area is 152 Å². The number of amides is 3. The van der Waals surface area contributed by atoms with Gasteiger partial charge in [-0.3, -0.25) is 14.4 Å². The SMILES string of the molecule is CNC(=O)c1cccc(NC(=O)CNc2ccc(C(=O)N(C)C)cc2)c1. The van der Waals surface area contributed by atoms with Crippen LogP contribution < -0.4 is 16.0 Å². The molecule has 0 aromatic heterocycles. The summed E-state index contributed by atoms with van der Waals surface area (Å²) in [5, 5.41) is 8.26. The molecule has 0 unspecified atom stereocenters. The molecule has 0 saturated carbocycles. The number of benzene rings is 2. The van der Waals surface area contributed by atoms with E-state index in [4.69, 9.17) is 0 Å². The lowest BCUT2D eigenvalue weighted by Crippen LogP contribution is -2.23. The average Bonchev–Trinajstić information content (AvgIpc) is 2.65. The van der Waals surface area contributed by atoms with Gasteiger partial charge in [0.05, 0.1) is 6.54 Å². The van der Waals surface area contributed by atoms with Gasteiger partial charge in [-0.15, -0.1) is 0 Å². The van der Waals surface area contributed by atoms with Crippen LogP contribution in [0.3, 0.4) is 0 Å². The molecule has 0 atom stereocenters. The Morgan fingerprint density at radius 3 is 2.23 bits per heavy atom. The van der Waals surface area contributed by atoms with Gasteiger partial charge in [0.1, 0.15) is 0 Å². The number of carbonyl (C=O) groups excluding carboxylic acids is 3. The van der Waals surface area contributed by atoms with Crippen molar-refractivity contribution in [1.82, 2.24) is 10.2 Å². The first-order valence-electron chi connectivity index (χ1n) is 8.08. The predicted molar refractivity (Wildman–Crippen MR) is 101 cm³/mol. The number of nitrogens with zero attached hydrogens (tertiary/aromatic N) is 1. The zero-order valence-corrected chi connectivity index (χ0v) is 15.0. The van der Waals surface area contributed by atoms with Crippen molar-refractivity contribution in [1.29, 1.82) is 0 Å². The fourth-order valence-electron chi connectivity index (χ4n) is 2.26. The van der Waals surface area contributed by atoms with Crippen molar-refractivity contribution in [2.75, 3.05) is 38.3 Å². The van der Waals surface area contributed by atoms with Crippen LogP contribution in [0.4, 0.5) is 11.4 Å². The van der Waals surface area contributed by atoms with E-state index in [1.165, 1.54) is 4.90 Å². The summed E-state index contributed by atoms with van der Waals surface area (Å²) in [6.45, 7) is 0.0607. The third-order valence-electron chi connectivity index (χ3n) is 3.63. The zero-order valence-electron chi connectivity index (χ0n) is 15.0. The van der Waals surface area contributed by atoms with Crippen molar-refractivity contribution < 1.29 is 14.4 Å². The number of hydrogen-bond donors (Lipinski definition) is 3. The molecule has 136 valence electrons. The van der Waals surface area contributed by atoms with Crippen LogP contribution in [0.2, 0.25) is 0 Å². The van der Waals surface area contributed by atoms with Crippen LogP contribution in [-0.2, 0) is 4.79 Å². The van der Waals surface area contributed by atoms with E-state index in [1.807, 2.05) is 0 Å². The molecular formula is C19H22N4O3. The van der Waals surface area contributed by atoms with E-state index in [9.17, 15) is 14.4 Å². The first-order chi connectivity index (χ1) is 12.4. The highest BCUT2D eigenvalue weighted by Crippen LogP contribution is 2.12. The highest BCUT2D eigenvalue weighted by molar-refractivity contribution is 5.98. The zero-order chi connectivity index (χ0) is 19.1. The Morgan fingerprint density at radius 1 is 0.923 bits per heavy atom. The van der Waals surface area contributed by atoms with Crippen molar-refractivity contribution >= 4 is 29.1 Å². The smallest absolute Gasteiger partial charge is 0.253 e. The summed E-state index contributed by atoms with van der Waals surface area (Å²) in [7, 11) is 4.94. The van der Waals surface area contributed by atoms with Gasteiger partial charge in [0.15, 0.2) is 0 Å². The minimum Gasteiger partial charge on any atom is -0.376 e. The fraction of sp³-hybridized carbons (Fsp3) is 0.211. The molecule has 0 saturated heterocycles. The summed E-state index contributed by atoms with van der Waals surface area (Å²) in [4.78, 5) is 37.0. The molecule has 3 N–H and O–H groups in total. The number of hydrogen-bond acceptors (Lipinski definition) is 4. The van der Waals surface area contributed by atoms with Crippen LogP contribution in [-0.4, -0.2) is 50.3 Å². The van der Waals surface area contributed by atoms with Gasteiger partial charge in [0, 0.05) is 43.6 Å². The van der Waals surface area contributed by atoms with Crippen LogP contribution in [0.5, 0.6) is 0 Å². The molecule has 0 heterocycles. The topological polar surface area (TPSA) is 90.5 Å². The van der Waals surface area contributed by atoms with Crippen LogP contribution in [0.25, 0.3) is 0 Å². The summed E-state index contributed by atoms with van der Waals surface area (Å²) in [5.41, 5.74) is 2.33. The molecule has 0 aliphatic heterocycles. The summed E-state index contributed by atoms with van der Waals surface area (Å²) < 4.78 is 0. The Morgan fingerprint density at radius 2 is 1.62 bits per heavy atom. The minimum absolute atomic E-state index is 0.0607. The third-order valence-corrected chi connectivity index (χ3v) is 3.63. The largest absolute Gasteiger partial charge is 0.376 e. The average molecular weight is 354 g/mol. The maximum atomic E-state index is 12.1. The first-order valence-corrected chi connectivity index (χ1v) is 8.08. The van der Waals surface area contributed by atoms with Gasteiger partial charge in [-0.25, -0.2) is 0 Å². The molecule has 0 aliphatic rings. The fourth-order valence-corrected chi connectivity index (χ4v) is 2.26. The van der Waals surface area contributed by atoms with Crippen molar-refractivity contribution in [2.45, 2.75) is 0 Å². The van der Waals surface area contributed by atoms with Gasteiger partial charge in [0.25, 0.3) is 11.8 Å². The molecular weight excluding hydrogens is 332 g/mol. The summed E-state index contributed by atoms with van der Waals surface area (Å²) >= 11 is 0. The second kappa shape index (κ2) is 8.66. The molecule has 0 fully saturated rings. The van der Waals surface area contributed by atoms with E-state index in [2.05, 4.69) is 16.0 Å². The van der Waals surface area contributed by atoms with Crippen LogP contribution in [0.15, 0.2) is 48.5 Å². The molecule has 3 amide bonds. The first kappa shape index (κ1) is 19.0. The number of nitrogens with one attached hydrogen (secondary N) is 3. The van der Waals surface area contributed by atoms with Gasteiger partial charge in [0.2, 0.25) is 5.91 Å². The summed E-state index contributed by atoms with van der Waals surface area (Å²) in [5.74, 6) is -0.538. The Kier molecular flexibility index (Phi) is 6.32. The standard InChI is InChI=1S/C19H22N4O3/c1-20-18(25)14-5-4-6-16(11-14)22-17(24)12-21-15-9-7-13(8-10-15)19(26)23(2)3/h4-11,21H,12H2,1-3H3,(H,20,25)(H,22,24). The van der Waals surface area contributed by atoms with Crippen molar-refractivity contribution in [3.05, 3.63) is 59.7 Å². The summed E-state index contributed by atoms with van der Waals surface area (Å²) in [6, 6.07) is 13.6. The van der Waals surface area contributed by atoms with Crippen LogP contribution >= 0.6 is 0 Å². The lowest BCUT2D eigenvalue weighted by atomic mass is 10.2. The molecule has 2 aromatic carbocycles. The van der Waals surface area contributed by atoms with Crippen LogP contribution in [0, 0.1) is 0 Å². The van der Waals surface area contributed by atoms with Crippen molar-refractivity contribution in [3.8, 4) is 0 Å². The number of anilines is 2. The van der Waals surface area contributed by atoms with Crippen molar-refractivity contribution in [2.24, 2.45) is 0 Å². The molecule has 7 nitrogen and oxygen atoms in total. The van der Waals surface area contributed by atoms with Gasteiger partial charge in [-0.1, -0.05) is 6.07 Å². The monoisotopic (exact) mass is 354 g/mol. The molecule has 0 spiro atoms. The second-order valence-corrected chi connectivity index (χ2v) is 5.84. The summed E-state index contributed by atoms with van der Waals surface area (Å²) in [6.07, 6.45) is 0. The second-order valence-electron chi connectivity index (χ2n) is 5.84. The Bertz CT molecular complexity index is 801. The molecule has 26 heavy (non-hydrogen) atoms. The Hall–Kier alpha value is -3.35. The molecule has 0 bridgehead atoms. The van der Waals surface area contributed by atoms with Gasteiger partial charge in [-0.2, -0.15) is 0 Å². The number of rotatable bonds is 6. The maximum absolute atomic E-state index is 12.1. The number of carbonyl (C=O) groups is 3. The molecule has 2 aromatic rings. The molecule has 0 radical (unpaired) electrons. The van der Waals surface area contributed by atoms with Crippen molar-refractivity contribution in [3.63, 3.8) is 0 Å². The van der Waals surface area contributed by atoms with E-state index in [-0.39, 0.29) is 24.3 Å². The van der Waals surface area contributed by atoms with Gasteiger partial charge >= 0.3 is 0 Å². The van der Waals surface area contributed by atoms with E-state index in [0.717, 1.165) is 5.69 Å². The highest BCUT2D eigenvalue weighted by Gasteiger charge is 2.08. The van der Waals surface area contributed by atoms with E-state index in [1.54, 1.807) is 69.7 Å². The predicted octanol–water partition coefficient (Wildman–Crippen LogP) is 1.80. The lowest BCUT2D eigenvalue weighted by Gasteiger charge is -2.11. The van der Waals surface area contributed by atoms with E-state index >= 15 is 0 Å². The van der Waals surface area contributed by atoms with E-state index in [0.29, 0.717) is 16.8 Å². The van der Waals surface area contributed by atoms with Crippen LogP contribution in [0.1, 0.15) is 20.7 Å². The molecule has 2 rings (SSSR count). The Balaban J connectivity index is 1.91. The highest BCUT2D eigenvalue weighted by atomic mass is 16.2. The van der Waals surface area contributed by atoms with Gasteiger partial charge in [-0.05, 0) is 42.5 Å². The quantitative estimate of drug-likeness (QED) is 0.738. The normalized spacial score (nSPS) is 9.96. The van der Waals surface area contributed by atoms with E-state index < -0.39 is 0 Å². The maximum Gasteiger partial charge on any atom is 0.253 e. The van der Waals surface area contributed by atoms with Gasteiger partial charge < -0.3 is 20.9 Å². The molecule has 0 aliphatic carbocycles. The third kappa shape index (κ3) is 5.07. The lowest BCUT2D eigenvalue weighted by molar-refractivity contribution is -0.114. The molecule has 7 heteroatoms. The minimum atomic E-state index is -0.243.